The number of ketones is 2. The molecule has 76 heavy (non-hydrogen) atoms. The Morgan fingerprint density at radius 2 is 0.816 bits per heavy atom. The van der Waals surface area contributed by atoms with Gasteiger partial charge >= 0.3 is 0 Å². The SMILES string of the molecule is NCc1cc(OCc2ccc(F)cc2)n(CC2CCCC2)n1.O=C1c2ccccc2C(=O)C1Cc1cc(OCc2ccc(F)cc2)n(CC2CCCC2)n1.OCc1cc(OCc2ccc(F)cc2)n(CC2CCCC2)n1. The summed E-state index contributed by atoms with van der Waals surface area (Å²) < 4.78 is 62.4. The topological polar surface area (TPSA) is 162 Å². The normalized spacial score (nSPS) is 15.9. The van der Waals surface area contributed by atoms with E-state index in [-0.39, 0.29) is 42.0 Å². The van der Waals surface area contributed by atoms with Crippen molar-refractivity contribution in [3.05, 3.63) is 178 Å². The summed E-state index contributed by atoms with van der Waals surface area (Å²) in [6, 6.07) is 31.3. The first-order valence-corrected chi connectivity index (χ1v) is 26.9. The Labute approximate surface area is 442 Å². The van der Waals surface area contributed by atoms with Crippen molar-refractivity contribution in [1.29, 1.82) is 0 Å². The maximum Gasteiger partial charge on any atom is 0.212 e. The molecule has 13 nitrogen and oxygen atoms in total. The molecular weight excluding hydrogens is 972 g/mol. The third kappa shape index (κ3) is 14.5. The number of nitrogens with zero attached hydrogens (tertiary/aromatic N) is 6. The monoisotopic (exact) mass is 1040 g/mol. The van der Waals surface area contributed by atoms with Crippen molar-refractivity contribution >= 4 is 11.6 Å². The number of carbonyl (C=O) groups is 2. The van der Waals surface area contributed by atoms with Gasteiger partial charge in [0, 0.05) is 61.9 Å². The maximum absolute atomic E-state index is 13.2. The van der Waals surface area contributed by atoms with Gasteiger partial charge < -0.3 is 25.1 Å². The van der Waals surface area contributed by atoms with Crippen LogP contribution in [-0.4, -0.2) is 46.0 Å². The van der Waals surface area contributed by atoms with Crippen LogP contribution in [0.2, 0.25) is 0 Å². The lowest BCUT2D eigenvalue weighted by atomic mass is 9.98. The number of nitrogens with two attached hydrogens (primary N) is 1. The number of rotatable bonds is 19. The van der Waals surface area contributed by atoms with Crippen LogP contribution in [-0.2, 0) is 59.0 Å². The van der Waals surface area contributed by atoms with E-state index in [1.807, 2.05) is 26.2 Å². The smallest absolute Gasteiger partial charge is 0.212 e. The van der Waals surface area contributed by atoms with E-state index in [0.29, 0.717) is 78.4 Å². The fourth-order valence-corrected chi connectivity index (χ4v) is 10.7. The van der Waals surface area contributed by atoms with Gasteiger partial charge in [0.05, 0.1) is 29.6 Å². The summed E-state index contributed by atoms with van der Waals surface area (Å²) in [5.41, 5.74) is 11.5. The molecule has 0 radical (unpaired) electrons. The van der Waals surface area contributed by atoms with Crippen LogP contribution in [0.5, 0.6) is 17.6 Å². The number of hydrogen-bond donors (Lipinski definition) is 2. The fourth-order valence-electron chi connectivity index (χ4n) is 10.7. The molecule has 0 atom stereocenters. The average Bonchev–Trinajstić information content (AvgIpc) is 4.33. The number of benzene rings is 4. The summed E-state index contributed by atoms with van der Waals surface area (Å²) in [6.07, 6.45) is 15.2. The van der Waals surface area contributed by atoms with E-state index >= 15 is 0 Å². The van der Waals surface area contributed by atoms with Crippen LogP contribution >= 0.6 is 0 Å². The van der Waals surface area contributed by atoms with Crippen molar-refractivity contribution in [3.63, 3.8) is 0 Å². The van der Waals surface area contributed by atoms with Gasteiger partial charge in [-0.2, -0.15) is 15.3 Å². The zero-order valence-electron chi connectivity index (χ0n) is 43.0. The Kier molecular flexibility index (Phi) is 18.5. The van der Waals surface area contributed by atoms with Gasteiger partial charge in [0.15, 0.2) is 11.6 Å². The van der Waals surface area contributed by atoms with Crippen LogP contribution in [0.1, 0.15) is 132 Å². The molecule has 400 valence electrons. The van der Waals surface area contributed by atoms with Gasteiger partial charge in [-0.3, -0.25) is 9.59 Å². The minimum atomic E-state index is -0.729. The highest BCUT2D eigenvalue weighted by atomic mass is 19.1. The molecule has 4 aliphatic carbocycles. The summed E-state index contributed by atoms with van der Waals surface area (Å²) in [4.78, 5) is 25.6. The molecule has 0 unspecified atom stereocenters. The lowest BCUT2D eigenvalue weighted by Crippen LogP contribution is -2.18. The van der Waals surface area contributed by atoms with E-state index in [1.54, 1.807) is 66.7 Å². The van der Waals surface area contributed by atoms with E-state index in [0.717, 1.165) is 47.9 Å². The molecular formula is C60H68F3N7O6. The summed E-state index contributed by atoms with van der Waals surface area (Å²) in [5.74, 6) is 2.13. The van der Waals surface area contributed by atoms with E-state index in [2.05, 4.69) is 10.2 Å². The van der Waals surface area contributed by atoms with Crippen LogP contribution < -0.4 is 19.9 Å². The van der Waals surface area contributed by atoms with Crippen molar-refractivity contribution in [2.75, 3.05) is 0 Å². The number of aliphatic hydroxyl groups excluding tert-OH is 1. The Bertz CT molecular complexity index is 2830. The first-order valence-electron chi connectivity index (χ1n) is 26.9. The van der Waals surface area contributed by atoms with Crippen molar-refractivity contribution in [3.8, 4) is 17.6 Å². The highest BCUT2D eigenvalue weighted by molar-refractivity contribution is 6.26. The first kappa shape index (κ1) is 53.8. The zero-order chi connectivity index (χ0) is 52.8. The second-order valence-electron chi connectivity index (χ2n) is 20.6. The molecule has 3 fully saturated rings. The van der Waals surface area contributed by atoms with Crippen molar-refractivity contribution < 1.29 is 42.1 Å². The van der Waals surface area contributed by atoms with Gasteiger partial charge in [0.1, 0.15) is 37.3 Å². The molecule has 3 N–H and O–H groups in total. The number of aliphatic hydroxyl groups is 1. The van der Waals surface area contributed by atoms with Crippen LogP contribution in [0.25, 0.3) is 0 Å². The van der Waals surface area contributed by atoms with Crippen molar-refractivity contribution in [1.82, 2.24) is 29.3 Å². The van der Waals surface area contributed by atoms with Gasteiger partial charge in [0.2, 0.25) is 17.6 Å². The Balaban J connectivity index is 0.000000143. The molecule has 0 bridgehead atoms. The van der Waals surface area contributed by atoms with Gasteiger partial charge in [-0.1, -0.05) is 99.2 Å². The summed E-state index contributed by atoms with van der Waals surface area (Å²) >= 11 is 0. The summed E-state index contributed by atoms with van der Waals surface area (Å²) in [6.45, 7) is 3.85. The van der Waals surface area contributed by atoms with E-state index < -0.39 is 5.92 Å². The van der Waals surface area contributed by atoms with Crippen molar-refractivity contribution in [2.24, 2.45) is 29.4 Å². The number of ether oxygens (including phenoxy) is 3. The molecule has 16 heteroatoms. The van der Waals surface area contributed by atoms with E-state index in [9.17, 15) is 27.9 Å². The summed E-state index contributed by atoms with van der Waals surface area (Å²) in [7, 11) is 0. The summed E-state index contributed by atoms with van der Waals surface area (Å²) in [5, 5.41) is 22.9. The number of fused-ring (bicyclic) bond motifs is 1. The molecule has 0 saturated heterocycles. The van der Waals surface area contributed by atoms with Gasteiger partial charge in [-0.25, -0.2) is 27.2 Å². The molecule has 0 amide bonds. The highest BCUT2D eigenvalue weighted by Crippen LogP contribution is 2.33. The second kappa shape index (κ2) is 26.1. The molecule has 0 aliphatic heterocycles. The molecule has 4 aliphatic rings. The van der Waals surface area contributed by atoms with Crippen LogP contribution in [0.15, 0.2) is 115 Å². The predicted octanol–water partition coefficient (Wildman–Crippen LogP) is 11.6. The molecule has 11 rings (SSSR count). The Morgan fingerprint density at radius 3 is 1.17 bits per heavy atom. The zero-order valence-corrected chi connectivity index (χ0v) is 43.0. The van der Waals surface area contributed by atoms with E-state index in [4.69, 9.17) is 25.0 Å². The first-order chi connectivity index (χ1) is 37.1. The standard InChI is InChI=1S/C26H25FN2O3.C17H22FN3O.C17H21FN2O2/c27-19-11-9-18(10-12-19)16-32-24-14-20(28-29(24)15-17-5-1-2-6-17)13-23-25(30)21-7-3-4-8-22(21)26(23)31;18-15-7-5-14(6-8-15)12-22-17-9-16(10-19)20-21(17)11-13-3-1-2-4-13;18-15-7-5-14(6-8-15)12-22-17-9-16(11-21)19-20(17)10-13-3-1-2-4-13/h3-4,7-12,14,17,23H,1-2,5-6,13,15-16H2;5-9,13H,1-4,10-12,19H2;5-9,13,21H,1-4,10-12H2. The van der Waals surface area contributed by atoms with Crippen LogP contribution in [0.4, 0.5) is 13.2 Å². The average molecular weight is 1040 g/mol. The van der Waals surface area contributed by atoms with Gasteiger partial charge in [-0.05, 0) is 109 Å². The third-order valence-electron chi connectivity index (χ3n) is 14.9. The molecule has 3 aromatic heterocycles. The van der Waals surface area contributed by atoms with Gasteiger partial charge in [-0.15, -0.1) is 0 Å². The fraction of sp³-hybridized carbons (Fsp3) is 0.417. The van der Waals surface area contributed by atoms with Gasteiger partial charge in [0.25, 0.3) is 0 Å². The molecule has 4 aromatic carbocycles. The lowest BCUT2D eigenvalue weighted by molar-refractivity contribution is 0.0837. The number of Topliss-reactive ketones (excluding diaryl/α,β-unsaturated/α-hetero) is 2. The van der Waals surface area contributed by atoms with Crippen molar-refractivity contribution in [2.45, 2.75) is 136 Å². The molecule has 0 spiro atoms. The molecule has 7 aromatic rings. The Hall–Kier alpha value is -7.04. The molecule has 3 saturated carbocycles. The van der Waals surface area contributed by atoms with Crippen LogP contribution in [0, 0.1) is 41.1 Å². The maximum atomic E-state index is 13.2. The lowest BCUT2D eigenvalue weighted by Gasteiger charge is -2.13. The quantitative estimate of drug-likeness (QED) is 0.0746. The number of carbonyl (C=O) groups excluding carboxylic acids is 2. The number of hydrogen-bond acceptors (Lipinski definition) is 10. The third-order valence-corrected chi connectivity index (χ3v) is 14.9. The highest BCUT2D eigenvalue weighted by Gasteiger charge is 2.39. The number of aromatic nitrogens is 6. The predicted molar refractivity (Wildman–Crippen MR) is 281 cm³/mol. The molecule has 3 heterocycles. The number of halogens is 3. The minimum Gasteiger partial charge on any atom is -0.473 e. The van der Waals surface area contributed by atoms with Crippen LogP contribution in [0.3, 0.4) is 0 Å². The largest absolute Gasteiger partial charge is 0.473 e. The minimum absolute atomic E-state index is 0.0927. The Morgan fingerprint density at radius 1 is 0.487 bits per heavy atom. The second-order valence-corrected chi connectivity index (χ2v) is 20.6. The van der Waals surface area contributed by atoms with E-state index in [1.165, 1.54) is 113 Å².